The van der Waals surface area contributed by atoms with Gasteiger partial charge in [0.2, 0.25) is 0 Å². The van der Waals surface area contributed by atoms with Crippen molar-refractivity contribution in [2.45, 2.75) is 33.6 Å². The van der Waals surface area contributed by atoms with Crippen molar-refractivity contribution in [1.82, 2.24) is 0 Å². The van der Waals surface area contributed by atoms with Crippen LogP contribution in [0.4, 0.5) is 0 Å². The van der Waals surface area contributed by atoms with Gasteiger partial charge < -0.3 is 4.74 Å². The number of aryl methyl sites for hydroxylation is 4. The molecule has 110 valence electrons. The Morgan fingerprint density at radius 2 is 1.76 bits per heavy atom. The van der Waals surface area contributed by atoms with E-state index in [1.54, 1.807) is 7.11 Å². The van der Waals surface area contributed by atoms with E-state index in [0.717, 1.165) is 23.1 Å². The zero-order valence-electron chi connectivity index (χ0n) is 13.2. The Kier molecular flexibility index (Phi) is 4.79. The maximum Gasteiger partial charge on any atom is 0.167 e. The van der Waals surface area contributed by atoms with Crippen LogP contribution in [0.3, 0.4) is 0 Å². The van der Waals surface area contributed by atoms with Crippen LogP contribution in [0.1, 0.15) is 39.0 Å². The minimum absolute atomic E-state index is 0.146. The monoisotopic (exact) mass is 282 g/mol. The molecule has 0 fully saturated rings. The maximum absolute atomic E-state index is 12.6. The van der Waals surface area contributed by atoms with Crippen molar-refractivity contribution in [2.75, 3.05) is 7.11 Å². The molecule has 0 spiro atoms. The highest BCUT2D eigenvalue weighted by atomic mass is 16.5. The average Bonchev–Trinajstić information content (AvgIpc) is 2.45. The largest absolute Gasteiger partial charge is 0.496 e. The van der Waals surface area contributed by atoms with E-state index < -0.39 is 0 Å². The number of benzene rings is 2. The Morgan fingerprint density at radius 1 is 1.05 bits per heavy atom. The van der Waals surface area contributed by atoms with Crippen LogP contribution >= 0.6 is 0 Å². The number of hydrogen-bond donors (Lipinski definition) is 0. The molecule has 0 N–H and O–H groups in total. The standard InChI is InChI=1S/C19H22O2/c1-13-11-15(3)19(18(12-13)21-4)17(20)10-9-16-8-6-5-7-14(16)2/h5-8,11-12H,9-10H2,1-4H3. The first kappa shape index (κ1) is 15.3. The predicted molar refractivity (Wildman–Crippen MR) is 86.3 cm³/mol. The van der Waals surface area contributed by atoms with Crippen molar-refractivity contribution >= 4 is 5.78 Å². The Labute approximate surface area is 126 Å². The highest BCUT2D eigenvalue weighted by Crippen LogP contribution is 2.26. The van der Waals surface area contributed by atoms with Crippen LogP contribution in [0, 0.1) is 20.8 Å². The van der Waals surface area contributed by atoms with Crippen molar-refractivity contribution in [2.24, 2.45) is 0 Å². The van der Waals surface area contributed by atoms with E-state index in [0.29, 0.717) is 12.2 Å². The Bertz CT molecular complexity index is 657. The van der Waals surface area contributed by atoms with Gasteiger partial charge in [0, 0.05) is 6.42 Å². The first-order chi connectivity index (χ1) is 10.0. The molecular formula is C19H22O2. The molecule has 0 atom stereocenters. The van der Waals surface area contributed by atoms with E-state index in [1.807, 2.05) is 38.1 Å². The summed E-state index contributed by atoms with van der Waals surface area (Å²) in [4.78, 5) is 12.6. The number of carbonyl (C=O) groups is 1. The predicted octanol–water partition coefficient (Wildman–Crippen LogP) is 4.44. The van der Waals surface area contributed by atoms with Crippen LogP contribution in [0.2, 0.25) is 0 Å². The van der Waals surface area contributed by atoms with Gasteiger partial charge in [0.1, 0.15) is 5.75 Å². The molecule has 2 aromatic rings. The van der Waals surface area contributed by atoms with Crippen molar-refractivity contribution in [1.29, 1.82) is 0 Å². The Hall–Kier alpha value is -2.09. The minimum Gasteiger partial charge on any atom is -0.496 e. The zero-order valence-corrected chi connectivity index (χ0v) is 13.2. The average molecular weight is 282 g/mol. The molecule has 0 saturated heterocycles. The van der Waals surface area contributed by atoms with Gasteiger partial charge >= 0.3 is 0 Å². The fourth-order valence-corrected chi connectivity index (χ4v) is 2.71. The summed E-state index contributed by atoms with van der Waals surface area (Å²) in [6, 6.07) is 12.2. The SMILES string of the molecule is COc1cc(C)cc(C)c1C(=O)CCc1ccccc1C. The topological polar surface area (TPSA) is 26.3 Å². The quantitative estimate of drug-likeness (QED) is 0.758. The lowest BCUT2D eigenvalue weighted by Crippen LogP contribution is -2.07. The van der Waals surface area contributed by atoms with E-state index in [-0.39, 0.29) is 5.78 Å². The van der Waals surface area contributed by atoms with Crippen molar-refractivity contribution in [3.63, 3.8) is 0 Å². The molecule has 2 nitrogen and oxygen atoms in total. The van der Waals surface area contributed by atoms with Crippen molar-refractivity contribution < 1.29 is 9.53 Å². The molecule has 0 bridgehead atoms. The molecule has 2 aromatic carbocycles. The van der Waals surface area contributed by atoms with E-state index in [9.17, 15) is 4.79 Å². The lowest BCUT2D eigenvalue weighted by molar-refractivity contribution is 0.0979. The smallest absolute Gasteiger partial charge is 0.167 e. The molecule has 21 heavy (non-hydrogen) atoms. The van der Waals surface area contributed by atoms with E-state index in [2.05, 4.69) is 19.1 Å². The lowest BCUT2D eigenvalue weighted by Gasteiger charge is -2.12. The minimum atomic E-state index is 0.146. The van der Waals surface area contributed by atoms with Crippen LogP contribution in [-0.4, -0.2) is 12.9 Å². The molecule has 0 amide bonds. The van der Waals surface area contributed by atoms with Gasteiger partial charge in [0.25, 0.3) is 0 Å². The van der Waals surface area contributed by atoms with Gasteiger partial charge in [-0.1, -0.05) is 30.3 Å². The van der Waals surface area contributed by atoms with Crippen LogP contribution < -0.4 is 4.74 Å². The summed E-state index contributed by atoms with van der Waals surface area (Å²) >= 11 is 0. The van der Waals surface area contributed by atoms with Gasteiger partial charge in [-0.3, -0.25) is 4.79 Å². The molecule has 0 aromatic heterocycles. The highest BCUT2D eigenvalue weighted by Gasteiger charge is 2.16. The van der Waals surface area contributed by atoms with Gasteiger partial charge in [-0.05, 0) is 55.5 Å². The summed E-state index contributed by atoms with van der Waals surface area (Å²) < 4.78 is 5.38. The summed E-state index contributed by atoms with van der Waals surface area (Å²) in [5, 5.41) is 0. The van der Waals surface area contributed by atoms with Gasteiger partial charge in [0.05, 0.1) is 12.7 Å². The number of hydrogen-bond acceptors (Lipinski definition) is 2. The number of rotatable bonds is 5. The normalized spacial score (nSPS) is 10.5. The second-order valence-electron chi connectivity index (χ2n) is 5.51. The third-order valence-electron chi connectivity index (χ3n) is 3.83. The van der Waals surface area contributed by atoms with Gasteiger partial charge in [-0.15, -0.1) is 0 Å². The highest BCUT2D eigenvalue weighted by molar-refractivity contribution is 6.00. The molecule has 0 aliphatic rings. The van der Waals surface area contributed by atoms with E-state index in [1.165, 1.54) is 11.1 Å². The Balaban J connectivity index is 2.20. The van der Waals surface area contributed by atoms with Crippen LogP contribution in [0.25, 0.3) is 0 Å². The number of Topliss-reactive ketones (excluding diaryl/α,β-unsaturated/α-hetero) is 1. The van der Waals surface area contributed by atoms with Crippen LogP contribution in [0.5, 0.6) is 5.75 Å². The molecule has 0 radical (unpaired) electrons. The van der Waals surface area contributed by atoms with E-state index >= 15 is 0 Å². The second kappa shape index (κ2) is 6.57. The molecular weight excluding hydrogens is 260 g/mol. The maximum atomic E-state index is 12.6. The summed E-state index contributed by atoms with van der Waals surface area (Å²) in [5.41, 5.74) is 5.28. The molecule has 0 saturated carbocycles. The number of ether oxygens (including phenoxy) is 1. The van der Waals surface area contributed by atoms with Gasteiger partial charge in [-0.25, -0.2) is 0 Å². The lowest BCUT2D eigenvalue weighted by atomic mass is 9.95. The molecule has 2 heteroatoms. The molecule has 0 heterocycles. The third-order valence-corrected chi connectivity index (χ3v) is 3.83. The fraction of sp³-hybridized carbons (Fsp3) is 0.316. The summed E-state index contributed by atoms with van der Waals surface area (Å²) in [5.74, 6) is 0.829. The molecule has 0 aliphatic heterocycles. The molecule has 0 aliphatic carbocycles. The fourth-order valence-electron chi connectivity index (χ4n) is 2.71. The van der Waals surface area contributed by atoms with Crippen molar-refractivity contribution in [3.8, 4) is 5.75 Å². The number of ketones is 1. The Morgan fingerprint density at radius 3 is 2.43 bits per heavy atom. The summed E-state index contributed by atoms with van der Waals surface area (Å²) in [6.07, 6.45) is 1.27. The second-order valence-corrected chi connectivity index (χ2v) is 5.51. The molecule has 0 unspecified atom stereocenters. The number of carbonyl (C=O) groups excluding carboxylic acids is 1. The first-order valence-electron chi connectivity index (χ1n) is 7.26. The van der Waals surface area contributed by atoms with Crippen LogP contribution in [0.15, 0.2) is 36.4 Å². The van der Waals surface area contributed by atoms with E-state index in [4.69, 9.17) is 4.74 Å². The molecule has 2 rings (SSSR count). The van der Waals surface area contributed by atoms with Gasteiger partial charge in [-0.2, -0.15) is 0 Å². The van der Waals surface area contributed by atoms with Crippen LogP contribution in [-0.2, 0) is 6.42 Å². The first-order valence-corrected chi connectivity index (χ1v) is 7.26. The van der Waals surface area contributed by atoms with Crippen molar-refractivity contribution in [3.05, 3.63) is 64.2 Å². The summed E-state index contributed by atoms with van der Waals surface area (Å²) in [6.45, 7) is 6.06. The number of methoxy groups -OCH3 is 1. The summed E-state index contributed by atoms with van der Waals surface area (Å²) in [7, 11) is 1.62. The third kappa shape index (κ3) is 3.52. The van der Waals surface area contributed by atoms with Gasteiger partial charge in [0.15, 0.2) is 5.78 Å². The zero-order chi connectivity index (χ0) is 15.4.